The number of aromatic nitrogens is 5. The van der Waals surface area contributed by atoms with Crippen LogP contribution in [0.5, 0.6) is 0 Å². The van der Waals surface area contributed by atoms with Crippen LogP contribution < -0.4 is 5.73 Å². The molecule has 3 aromatic rings. The zero-order chi connectivity index (χ0) is 11.8. The summed E-state index contributed by atoms with van der Waals surface area (Å²) >= 11 is 0. The Morgan fingerprint density at radius 1 is 1.29 bits per heavy atom. The molecule has 17 heavy (non-hydrogen) atoms. The molecule has 86 valence electrons. The van der Waals surface area contributed by atoms with E-state index in [4.69, 9.17) is 5.73 Å². The lowest BCUT2D eigenvalue weighted by atomic mass is 10.3. The minimum atomic E-state index is 0.435. The molecule has 0 aromatic carbocycles. The molecule has 0 aliphatic rings. The smallest absolute Gasteiger partial charge is 0.251 e. The van der Waals surface area contributed by atoms with Gasteiger partial charge in [0.05, 0.1) is 11.4 Å². The van der Waals surface area contributed by atoms with Gasteiger partial charge in [-0.2, -0.15) is 4.98 Å². The van der Waals surface area contributed by atoms with Gasteiger partial charge in [0.1, 0.15) is 0 Å². The summed E-state index contributed by atoms with van der Waals surface area (Å²) in [5, 5.41) is 3.19. The number of aryl methyl sites for hydroxylation is 1. The summed E-state index contributed by atoms with van der Waals surface area (Å²) in [6.07, 6.45) is 3.46. The third-order valence-corrected chi connectivity index (χ3v) is 2.73. The molecule has 0 aliphatic heterocycles. The maximum atomic E-state index is 5.69. The number of hydrogen-bond donors (Lipinski definition) is 2. The predicted molar refractivity (Wildman–Crippen MR) is 63.2 cm³/mol. The van der Waals surface area contributed by atoms with Gasteiger partial charge in [0.25, 0.3) is 5.78 Å². The maximum absolute atomic E-state index is 5.69. The normalized spacial score (nSPS) is 11.2. The van der Waals surface area contributed by atoms with E-state index in [9.17, 15) is 0 Å². The van der Waals surface area contributed by atoms with Crippen LogP contribution in [0.4, 0.5) is 0 Å². The second kappa shape index (κ2) is 3.67. The van der Waals surface area contributed by atoms with Crippen molar-refractivity contribution in [3.8, 4) is 11.4 Å². The molecule has 3 heterocycles. The first-order valence-electron chi connectivity index (χ1n) is 5.34. The van der Waals surface area contributed by atoms with Gasteiger partial charge in [0.15, 0.2) is 5.82 Å². The van der Waals surface area contributed by atoms with Crippen molar-refractivity contribution in [3.63, 3.8) is 0 Å². The van der Waals surface area contributed by atoms with Gasteiger partial charge in [0, 0.05) is 24.5 Å². The van der Waals surface area contributed by atoms with E-state index >= 15 is 0 Å². The molecule has 6 nitrogen and oxygen atoms in total. The first-order valence-corrected chi connectivity index (χ1v) is 5.34. The molecule has 0 spiro atoms. The van der Waals surface area contributed by atoms with Crippen LogP contribution in [0.2, 0.25) is 0 Å². The number of hydrogen-bond acceptors (Lipinski definition) is 4. The van der Waals surface area contributed by atoms with E-state index in [1.165, 1.54) is 0 Å². The van der Waals surface area contributed by atoms with Crippen LogP contribution >= 0.6 is 0 Å². The van der Waals surface area contributed by atoms with E-state index < -0.39 is 0 Å². The van der Waals surface area contributed by atoms with Crippen molar-refractivity contribution in [3.05, 3.63) is 35.9 Å². The van der Waals surface area contributed by atoms with Crippen molar-refractivity contribution in [2.24, 2.45) is 5.73 Å². The lowest BCUT2D eigenvalue weighted by Gasteiger charge is -1.96. The molecule has 0 amide bonds. The average Bonchev–Trinajstić information content (AvgIpc) is 2.86. The minimum Gasteiger partial charge on any atom is -0.325 e. The summed E-state index contributed by atoms with van der Waals surface area (Å²) in [7, 11) is 0. The highest BCUT2D eigenvalue weighted by atomic mass is 15.3. The zero-order valence-electron chi connectivity index (χ0n) is 9.38. The van der Waals surface area contributed by atoms with Gasteiger partial charge in [0.2, 0.25) is 0 Å². The number of aromatic amines is 1. The molecule has 0 unspecified atom stereocenters. The lowest BCUT2D eigenvalue weighted by Crippen LogP contribution is -2.03. The van der Waals surface area contributed by atoms with Gasteiger partial charge >= 0.3 is 0 Å². The van der Waals surface area contributed by atoms with Crippen LogP contribution in [-0.2, 0) is 6.54 Å². The number of nitrogens with two attached hydrogens (primary N) is 1. The molecule has 0 bridgehead atoms. The second-order valence-corrected chi connectivity index (χ2v) is 3.79. The topological polar surface area (TPSA) is 84.9 Å². The maximum Gasteiger partial charge on any atom is 0.251 e. The van der Waals surface area contributed by atoms with Crippen LogP contribution in [0, 0.1) is 6.92 Å². The quantitative estimate of drug-likeness (QED) is 0.682. The standard InChI is InChI=1S/C11H12N6/c1-7-9(6-12)17-11(14-7)15-10(16-17)8-2-4-13-5-3-8/h2-5H,6,12H2,1H3,(H,14,15,16). The molecule has 6 heteroatoms. The molecular weight excluding hydrogens is 216 g/mol. The molecule has 0 fully saturated rings. The Kier molecular flexibility index (Phi) is 2.15. The molecule has 0 atom stereocenters. The van der Waals surface area contributed by atoms with Gasteiger partial charge in [-0.05, 0) is 19.1 Å². The first-order chi connectivity index (χ1) is 8.29. The van der Waals surface area contributed by atoms with Crippen LogP contribution in [-0.4, -0.2) is 24.6 Å². The largest absolute Gasteiger partial charge is 0.325 e. The predicted octanol–water partition coefficient (Wildman–Crippen LogP) is 0.887. The lowest BCUT2D eigenvalue weighted by molar-refractivity contribution is 0.859. The molecule has 0 radical (unpaired) electrons. The zero-order valence-corrected chi connectivity index (χ0v) is 9.38. The number of nitrogens with zero attached hydrogens (tertiary/aromatic N) is 4. The van der Waals surface area contributed by atoms with Crippen molar-refractivity contribution in [1.29, 1.82) is 0 Å². The van der Waals surface area contributed by atoms with E-state index in [1.807, 2.05) is 23.6 Å². The van der Waals surface area contributed by atoms with E-state index in [2.05, 4.69) is 20.1 Å². The summed E-state index contributed by atoms with van der Waals surface area (Å²) in [5.41, 5.74) is 8.53. The van der Waals surface area contributed by atoms with Crippen LogP contribution in [0.25, 0.3) is 17.2 Å². The molecule has 3 N–H and O–H groups in total. The van der Waals surface area contributed by atoms with Crippen LogP contribution in [0.3, 0.4) is 0 Å². The highest BCUT2D eigenvalue weighted by Gasteiger charge is 2.12. The van der Waals surface area contributed by atoms with Gasteiger partial charge in [-0.1, -0.05) is 0 Å². The summed E-state index contributed by atoms with van der Waals surface area (Å²) < 4.78 is 1.82. The second-order valence-electron chi connectivity index (χ2n) is 3.79. The van der Waals surface area contributed by atoms with Gasteiger partial charge in [-0.15, -0.1) is 0 Å². The van der Waals surface area contributed by atoms with Crippen molar-refractivity contribution < 1.29 is 0 Å². The molecule has 0 saturated heterocycles. The summed E-state index contributed by atoms with van der Waals surface area (Å²) in [6.45, 7) is 2.36. The fourth-order valence-corrected chi connectivity index (χ4v) is 1.85. The molecule has 0 saturated carbocycles. The van der Waals surface area contributed by atoms with E-state index in [0.717, 1.165) is 22.8 Å². The highest BCUT2D eigenvalue weighted by Crippen LogP contribution is 2.16. The Hall–Kier alpha value is -2.21. The molecular formula is C11H12N6. The Balaban J connectivity index is 2.18. The highest BCUT2D eigenvalue weighted by molar-refractivity contribution is 5.56. The van der Waals surface area contributed by atoms with Gasteiger partial charge in [-0.25, -0.2) is 9.50 Å². The van der Waals surface area contributed by atoms with Crippen LogP contribution in [0.15, 0.2) is 24.5 Å². The number of fused-ring (bicyclic) bond motifs is 1. The number of pyridine rings is 1. The SMILES string of the molecule is Cc1nc2nc(-c3ccncc3)[nH]n2c1CN. The first kappa shape index (κ1) is 9.98. The van der Waals surface area contributed by atoms with Crippen molar-refractivity contribution in [2.75, 3.05) is 0 Å². The van der Waals surface area contributed by atoms with Crippen LogP contribution in [0.1, 0.15) is 11.4 Å². The Bertz CT molecular complexity index is 651. The Labute approximate surface area is 97.5 Å². The number of H-pyrrole nitrogens is 1. The number of imidazole rings is 1. The van der Waals surface area contributed by atoms with Crippen molar-refractivity contribution >= 4 is 5.78 Å². The van der Waals surface area contributed by atoms with E-state index in [1.54, 1.807) is 12.4 Å². The summed E-state index contributed by atoms with van der Waals surface area (Å²) in [5.74, 6) is 1.42. The van der Waals surface area contributed by atoms with Gasteiger partial charge < -0.3 is 5.73 Å². The minimum absolute atomic E-state index is 0.435. The molecule has 3 rings (SSSR count). The summed E-state index contributed by atoms with van der Waals surface area (Å²) in [6, 6.07) is 3.79. The van der Waals surface area contributed by atoms with Gasteiger partial charge in [-0.3, -0.25) is 10.1 Å². The van der Waals surface area contributed by atoms with E-state index in [0.29, 0.717) is 12.3 Å². The fraction of sp³-hybridized carbons (Fsp3) is 0.182. The monoisotopic (exact) mass is 228 g/mol. The number of nitrogens with one attached hydrogen (secondary N) is 1. The fourth-order valence-electron chi connectivity index (χ4n) is 1.85. The van der Waals surface area contributed by atoms with E-state index in [-0.39, 0.29) is 0 Å². The Morgan fingerprint density at radius 3 is 2.76 bits per heavy atom. The number of rotatable bonds is 2. The van der Waals surface area contributed by atoms with Crippen molar-refractivity contribution in [2.45, 2.75) is 13.5 Å². The Morgan fingerprint density at radius 2 is 2.06 bits per heavy atom. The third kappa shape index (κ3) is 1.50. The average molecular weight is 228 g/mol. The third-order valence-electron chi connectivity index (χ3n) is 2.73. The van der Waals surface area contributed by atoms with Crippen molar-refractivity contribution in [1.82, 2.24) is 24.6 Å². The molecule has 0 aliphatic carbocycles. The summed E-state index contributed by atoms with van der Waals surface area (Å²) in [4.78, 5) is 12.8. The molecule has 3 aromatic heterocycles.